The third-order valence-corrected chi connectivity index (χ3v) is 9.61. The molecule has 2 bridgehead atoms. The first-order valence-electron chi connectivity index (χ1n) is 14.2. The molecule has 0 radical (unpaired) electrons. The summed E-state index contributed by atoms with van der Waals surface area (Å²) < 4.78 is 15.8. The van der Waals surface area contributed by atoms with E-state index in [-0.39, 0.29) is 34.9 Å². The number of aromatic hydroxyl groups is 1. The molecule has 0 spiro atoms. The number of nitrogens with one attached hydrogen (secondary N) is 1. The van der Waals surface area contributed by atoms with Crippen molar-refractivity contribution < 1.29 is 23.9 Å². The Morgan fingerprint density at radius 1 is 1.12 bits per heavy atom. The minimum absolute atomic E-state index is 0.105. The zero-order valence-electron chi connectivity index (χ0n) is 24.1. The maximum Gasteiger partial charge on any atom is 0.312 e. The number of amides is 3. The van der Waals surface area contributed by atoms with E-state index in [1.54, 1.807) is 0 Å². The highest BCUT2D eigenvalue weighted by Crippen LogP contribution is 2.53. The van der Waals surface area contributed by atoms with E-state index in [9.17, 15) is 28.7 Å². The highest BCUT2D eigenvalue weighted by molar-refractivity contribution is 6.34. The molecule has 0 unspecified atom stereocenters. The van der Waals surface area contributed by atoms with Gasteiger partial charge in [-0.3, -0.25) is 23.7 Å². The molecule has 42 heavy (non-hydrogen) atoms. The number of carbonyl (C=O) groups is 3. The van der Waals surface area contributed by atoms with Crippen LogP contribution in [-0.4, -0.2) is 87.9 Å². The van der Waals surface area contributed by atoms with Crippen LogP contribution in [0.5, 0.6) is 5.75 Å². The molecule has 1 aliphatic carbocycles. The molecule has 3 aliphatic heterocycles. The van der Waals surface area contributed by atoms with Gasteiger partial charge in [-0.05, 0) is 69.6 Å². The van der Waals surface area contributed by atoms with Crippen LogP contribution in [-0.2, 0) is 28.2 Å². The molecule has 3 amide bonds. The molecular weight excluding hydrogens is 567 g/mol. The Hall–Kier alpha value is -3.51. The lowest BCUT2D eigenvalue weighted by atomic mass is 9.66. The van der Waals surface area contributed by atoms with Crippen LogP contribution in [0.15, 0.2) is 23.0 Å². The standard InChI is InChI=1S/C29H36ClFN6O5/c1-34(2)25(41)26(42)35(3)29-10-8-28(9-11-29,12-15-36-13-5-14-36)17-37-24(40)22(38)21(33-27(29)37)23(39)32-16-18-6-4-7-19(30)20(18)31/h4,6-7,38H,5,8-17H2,1-3H3,(H,32,39). The molecule has 4 heterocycles. The quantitative estimate of drug-likeness (QED) is 0.465. The van der Waals surface area contributed by atoms with Gasteiger partial charge in [-0.1, -0.05) is 23.7 Å². The monoisotopic (exact) mass is 602 g/mol. The largest absolute Gasteiger partial charge is 0.501 e. The number of fused-ring (bicyclic) bond motifs is 2. The predicted molar refractivity (Wildman–Crippen MR) is 152 cm³/mol. The van der Waals surface area contributed by atoms with E-state index in [0.717, 1.165) is 32.5 Å². The van der Waals surface area contributed by atoms with E-state index in [1.807, 2.05) is 0 Å². The van der Waals surface area contributed by atoms with E-state index < -0.39 is 46.1 Å². The summed E-state index contributed by atoms with van der Waals surface area (Å²) in [5.74, 6) is -3.71. The minimum Gasteiger partial charge on any atom is -0.501 e. The Morgan fingerprint density at radius 2 is 1.81 bits per heavy atom. The molecule has 1 aromatic carbocycles. The van der Waals surface area contributed by atoms with Crippen molar-refractivity contribution in [3.63, 3.8) is 0 Å². The molecule has 1 saturated heterocycles. The van der Waals surface area contributed by atoms with E-state index in [2.05, 4.69) is 15.2 Å². The number of benzene rings is 1. The Balaban J connectivity index is 1.55. The number of rotatable bonds is 7. The first-order chi connectivity index (χ1) is 19.9. The number of carbonyl (C=O) groups excluding carboxylic acids is 3. The van der Waals surface area contributed by atoms with Gasteiger partial charge in [-0.2, -0.15) is 0 Å². The molecule has 6 rings (SSSR count). The van der Waals surface area contributed by atoms with E-state index in [0.29, 0.717) is 25.7 Å². The Kier molecular flexibility index (Phi) is 8.06. The van der Waals surface area contributed by atoms with Crippen molar-refractivity contribution in [3.8, 4) is 5.75 Å². The first-order valence-corrected chi connectivity index (χ1v) is 14.5. The lowest BCUT2D eigenvalue weighted by Gasteiger charge is -2.47. The van der Waals surface area contributed by atoms with Crippen molar-refractivity contribution in [3.05, 3.63) is 56.5 Å². The number of nitrogens with zero attached hydrogens (tertiary/aromatic N) is 5. The Bertz CT molecular complexity index is 1480. The van der Waals surface area contributed by atoms with Gasteiger partial charge in [0.05, 0.1) is 5.02 Å². The topological polar surface area (TPSA) is 128 Å². The predicted octanol–water partition coefficient (Wildman–Crippen LogP) is 2.08. The first kappa shape index (κ1) is 30.0. The number of likely N-dealkylation sites (N-methyl/N-ethyl adjacent to an activating group) is 2. The van der Waals surface area contributed by atoms with Gasteiger partial charge in [-0.25, -0.2) is 9.37 Å². The van der Waals surface area contributed by atoms with E-state index >= 15 is 0 Å². The summed E-state index contributed by atoms with van der Waals surface area (Å²) in [5, 5.41) is 13.4. The van der Waals surface area contributed by atoms with Crippen LogP contribution >= 0.6 is 11.6 Å². The third kappa shape index (κ3) is 5.15. The van der Waals surface area contributed by atoms with E-state index in [4.69, 9.17) is 11.6 Å². The fraction of sp³-hybridized carbons (Fsp3) is 0.552. The summed E-state index contributed by atoms with van der Waals surface area (Å²) in [6.45, 7) is 2.98. The van der Waals surface area contributed by atoms with Crippen molar-refractivity contribution in [1.82, 2.24) is 29.6 Å². The summed E-state index contributed by atoms with van der Waals surface area (Å²) in [7, 11) is 4.49. The van der Waals surface area contributed by atoms with Crippen LogP contribution in [0.3, 0.4) is 0 Å². The Morgan fingerprint density at radius 3 is 2.43 bits per heavy atom. The summed E-state index contributed by atoms with van der Waals surface area (Å²) >= 11 is 5.85. The van der Waals surface area contributed by atoms with Gasteiger partial charge in [0, 0.05) is 39.8 Å². The lowest BCUT2D eigenvalue weighted by molar-refractivity contribution is -0.155. The van der Waals surface area contributed by atoms with Crippen molar-refractivity contribution in [2.24, 2.45) is 5.41 Å². The van der Waals surface area contributed by atoms with Gasteiger partial charge in [-0.15, -0.1) is 0 Å². The molecule has 2 fully saturated rings. The normalized spacial score (nSPS) is 23.0. The molecule has 13 heteroatoms. The molecule has 226 valence electrons. The second-order valence-corrected chi connectivity index (χ2v) is 12.4. The summed E-state index contributed by atoms with van der Waals surface area (Å²) in [6.07, 6.45) is 4.21. The Labute approximate surface area is 248 Å². The van der Waals surface area contributed by atoms with Crippen LogP contribution in [0.2, 0.25) is 5.02 Å². The average Bonchev–Trinajstić information content (AvgIpc) is 3.17. The van der Waals surface area contributed by atoms with Crippen molar-refractivity contribution in [2.75, 3.05) is 40.8 Å². The van der Waals surface area contributed by atoms with Gasteiger partial charge >= 0.3 is 11.8 Å². The highest BCUT2D eigenvalue weighted by Gasteiger charge is 2.54. The van der Waals surface area contributed by atoms with Gasteiger partial charge in [0.15, 0.2) is 5.69 Å². The number of aromatic nitrogens is 2. The van der Waals surface area contributed by atoms with Crippen LogP contribution in [0.4, 0.5) is 4.39 Å². The molecule has 4 aliphatic rings. The van der Waals surface area contributed by atoms with Gasteiger partial charge in [0.2, 0.25) is 5.75 Å². The SMILES string of the molecule is CN(C)C(=O)C(=O)N(C)C12CCC(CCN3CCC3)(CC1)Cn1c2nc(C(=O)NCc2cccc(Cl)c2F)c(O)c1=O. The molecule has 1 aromatic heterocycles. The van der Waals surface area contributed by atoms with Gasteiger partial charge in [0.25, 0.3) is 11.5 Å². The van der Waals surface area contributed by atoms with E-state index in [1.165, 1.54) is 53.7 Å². The highest BCUT2D eigenvalue weighted by atomic mass is 35.5. The van der Waals surface area contributed by atoms with Gasteiger partial charge in [0.1, 0.15) is 17.2 Å². The van der Waals surface area contributed by atoms with Crippen molar-refractivity contribution in [2.45, 2.75) is 57.2 Å². The second kappa shape index (κ2) is 11.3. The van der Waals surface area contributed by atoms with Crippen LogP contribution in [0.25, 0.3) is 0 Å². The third-order valence-electron chi connectivity index (χ3n) is 9.32. The zero-order valence-corrected chi connectivity index (χ0v) is 24.8. The number of hydrogen-bond acceptors (Lipinski definition) is 7. The number of likely N-dealkylation sites (tertiary alicyclic amines) is 1. The average molecular weight is 603 g/mol. The number of hydrogen-bond donors (Lipinski definition) is 2. The van der Waals surface area contributed by atoms with Crippen LogP contribution < -0.4 is 10.9 Å². The van der Waals surface area contributed by atoms with Crippen LogP contribution in [0, 0.1) is 11.2 Å². The van der Waals surface area contributed by atoms with Crippen molar-refractivity contribution in [1.29, 1.82) is 0 Å². The lowest BCUT2D eigenvalue weighted by Crippen LogP contribution is -2.54. The molecular formula is C29H36ClFN6O5. The molecule has 1 saturated carbocycles. The summed E-state index contributed by atoms with van der Waals surface area (Å²) in [6, 6.07) is 4.38. The minimum atomic E-state index is -1.15. The summed E-state index contributed by atoms with van der Waals surface area (Å²) in [4.78, 5) is 62.5. The molecule has 0 atom stereocenters. The number of halogens is 2. The van der Waals surface area contributed by atoms with Crippen LogP contribution in [0.1, 0.15) is 60.4 Å². The molecule has 2 N–H and O–H groups in total. The molecule has 11 nitrogen and oxygen atoms in total. The fourth-order valence-corrected chi connectivity index (χ4v) is 6.60. The fourth-order valence-electron chi connectivity index (χ4n) is 6.40. The zero-order chi connectivity index (χ0) is 30.4. The van der Waals surface area contributed by atoms with Gasteiger partial charge < -0.3 is 25.1 Å². The molecule has 2 aromatic rings. The van der Waals surface area contributed by atoms with Crippen molar-refractivity contribution >= 4 is 29.3 Å². The second-order valence-electron chi connectivity index (χ2n) is 12.0. The maximum absolute atomic E-state index is 14.4. The smallest absolute Gasteiger partial charge is 0.312 e. The summed E-state index contributed by atoms with van der Waals surface area (Å²) in [5.41, 5.74) is -2.62. The maximum atomic E-state index is 14.4.